The van der Waals surface area contributed by atoms with E-state index in [1.165, 1.54) is 9.80 Å². The van der Waals surface area contributed by atoms with Crippen LogP contribution in [0.1, 0.15) is 63.5 Å². The molecule has 0 saturated carbocycles. The van der Waals surface area contributed by atoms with E-state index < -0.39 is 11.8 Å². The van der Waals surface area contributed by atoms with E-state index in [1.54, 1.807) is 48.5 Å². The van der Waals surface area contributed by atoms with Crippen LogP contribution in [0.3, 0.4) is 0 Å². The normalized spacial score (nSPS) is 16.7. The van der Waals surface area contributed by atoms with Gasteiger partial charge in [-0.3, -0.25) is 29.0 Å². The molecular weight excluding hydrogens is 637 g/mol. The Morgan fingerprint density at radius 2 is 1.00 bits per heavy atom. The highest BCUT2D eigenvalue weighted by atomic mass is 32.2. The number of hydrogen-bond acceptors (Lipinski definition) is 10. The molecular formula is C32H34N2O6S4. The van der Waals surface area contributed by atoms with Crippen LogP contribution in [0.4, 0.5) is 11.4 Å². The van der Waals surface area contributed by atoms with Crippen molar-refractivity contribution >= 4 is 91.7 Å². The van der Waals surface area contributed by atoms with Crippen LogP contribution in [0.15, 0.2) is 58.3 Å². The molecule has 0 bridgehead atoms. The molecule has 2 aliphatic rings. The van der Waals surface area contributed by atoms with Gasteiger partial charge in [-0.2, -0.15) is 0 Å². The van der Waals surface area contributed by atoms with Gasteiger partial charge < -0.3 is 9.47 Å². The highest BCUT2D eigenvalue weighted by molar-refractivity contribution is 8.30. The van der Waals surface area contributed by atoms with E-state index in [1.807, 2.05) is 0 Å². The quantitative estimate of drug-likeness (QED) is 0.0917. The van der Waals surface area contributed by atoms with Crippen molar-refractivity contribution in [3.05, 3.63) is 69.5 Å². The number of ether oxygens (including phenoxy) is 2. The van der Waals surface area contributed by atoms with Crippen molar-refractivity contribution < 1.29 is 28.7 Å². The van der Waals surface area contributed by atoms with Gasteiger partial charge in [-0.05, 0) is 48.2 Å². The van der Waals surface area contributed by atoms with Crippen LogP contribution in [0.25, 0.3) is 0 Å². The van der Waals surface area contributed by atoms with E-state index in [2.05, 4.69) is 13.8 Å². The molecule has 2 heterocycles. The van der Waals surface area contributed by atoms with E-state index >= 15 is 0 Å². The molecule has 8 nitrogen and oxygen atoms in total. The summed E-state index contributed by atoms with van der Waals surface area (Å²) in [6.07, 6.45) is 6.10. The minimum absolute atomic E-state index is 0.136. The van der Waals surface area contributed by atoms with Crippen molar-refractivity contribution in [2.45, 2.75) is 65.2 Å². The molecule has 2 aliphatic heterocycles. The Bertz CT molecular complexity index is 1350. The molecule has 0 spiro atoms. The zero-order valence-corrected chi connectivity index (χ0v) is 27.9. The molecule has 0 aliphatic carbocycles. The number of thiocarbonyl (C=S) groups is 2. The van der Waals surface area contributed by atoms with Crippen LogP contribution in [0.5, 0.6) is 0 Å². The SMILES string of the molecule is CCCCCOC(=O)Cc1ccc(N2C(=O)C(=C3SC(=S)N(c4ccc(CC(=O)OCCCCC)cc4)C3=O)SC2=S)cc1. The third-order valence-corrected chi connectivity index (χ3v) is 9.73. The predicted octanol–water partition coefficient (Wildman–Crippen LogP) is 6.88. The van der Waals surface area contributed by atoms with Gasteiger partial charge in [0.15, 0.2) is 8.64 Å². The van der Waals surface area contributed by atoms with E-state index in [0.717, 1.165) is 73.2 Å². The Balaban J connectivity index is 1.40. The summed E-state index contributed by atoms with van der Waals surface area (Å²) >= 11 is 13.2. The number of esters is 2. The topological polar surface area (TPSA) is 93.2 Å². The maximum Gasteiger partial charge on any atom is 0.310 e. The fourth-order valence-electron chi connectivity index (χ4n) is 4.49. The molecule has 232 valence electrons. The summed E-state index contributed by atoms with van der Waals surface area (Å²) in [4.78, 5) is 54.5. The first-order valence-electron chi connectivity index (χ1n) is 14.6. The average Bonchev–Trinajstić information content (AvgIpc) is 3.47. The van der Waals surface area contributed by atoms with Gasteiger partial charge in [-0.1, -0.05) is 112 Å². The summed E-state index contributed by atoms with van der Waals surface area (Å²) in [5.74, 6) is -1.40. The van der Waals surface area contributed by atoms with Gasteiger partial charge in [0.1, 0.15) is 0 Å². The van der Waals surface area contributed by atoms with Crippen molar-refractivity contribution in [2.75, 3.05) is 23.0 Å². The zero-order valence-electron chi connectivity index (χ0n) is 24.7. The first kappa shape index (κ1) is 33.8. The highest BCUT2D eigenvalue weighted by Gasteiger charge is 2.43. The fraction of sp³-hybridized carbons (Fsp3) is 0.375. The van der Waals surface area contributed by atoms with Gasteiger partial charge in [0, 0.05) is 0 Å². The molecule has 2 fully saturated rings. The second kappa shape index (κ2) is 16.3. The predicted molar refractivity (Wildman–Crippen MR) is 184 cm³/mol. The third kappa shape index (κ3) is 8.56. The monoisotopic (exact) mass is 670 g/mol. The molecule has 2 amide bonds. The molecule has 2 saturated heterocycles. The Hall–Kier alpha value is -3.06. The lowest BCUT2D eigenvalue weighted by Crippen LogP contribution is -2.29. The minimum Gasteiger partial charge on any atom is -0.465 e. The summed E-state index contributed by atoms with van der Waals surface area (Å²) in [6.45, 7) is 5.00. The highest BCUT2D eigenvalue weighted by Crippen LogP contribution is 2.44. The Morgan fingerprint density at radius 3 is 1.34 bits per heavy atom. The number of thioether (sulfide) groups is 2. The van der Waals surface area contributed by atoms with Crippen LogP contribution in [0.2, 0.25) is 0 Å². The van der Waals surface area contributed by atoms with Crippen molar-refractivity contribution in [3.8, 4) is 0 Å². The molecule has 2 aromatic rings. The molecule has 0 atom stereocenters. The van der Waals surface area contributed by atoms with Crippen LogP contribution >= 0.6 is 48.0 Å². The van der Waals surface area contributed by atoms with Crippen molar-refractivity contribution in [2.24, 2.45) is 0 Å². The number of benzene rings is 2. The molecule has 0 N–H and O–H groups in total. The molecule has 4 rings (SSSR count). The number of amides is 2. The smallest absolute Gasteiger partial charge is 0.310 e. The average molecular weight is 671 g/mol. The van der Waals surface area contributed by atoms with E-state index in [0.29, 0.717) is 33.2 Å². The molecule has 0 aromatic heterocycles. The third-order valence-electron chi connectivity index (χ3n) is 6.85. The zero-order chi connectivity index (χ0) is 31.6. The lowest BCUT2D eigenvalue weighted by atomic mass is 10.1. The number of rotatable bonds is 14. The Labute approximate surface area is 276 Å². The van der Waals surface area contributed by atoms with Crippen molar-refractivity contribution in [1.29, 1.82) is 0 Å². The van der Waals surface area contributed by atoms with Crippen LogP contribution in [0, 0.1) is 0 Å². The molecule has 12 heteroatoms. The van der Waals surface area contributed by atoms with Crippen molar-refractivity contribution in [1.82, 2.24) is 0 Å². The number of hydrogen-bond donors (Lipinski definition) is 0. The lowest BCUT2D eigenvalue weighted by molar-refractivity contribution is -0.143. The van der Waals surface area contributed by atoms with Gasteiger partial charge in [0.05, 0.1) is 47.2 Å². The summed E-state index contributed by atoms with van der Waals surface area (Å²) in [7, 11) is 0. The molecule has 0 unspecified atom stereocenters. The van der Waals surface area contributed by atoms with Crippen LogP contribution in [-0.2, 0) is 41.5 Å². The fourth-order valence-corrected chi connectivity index (χ4v) is 7.24. The molecule has 2 aromatic carbocycles. The van der Waals surface area contributed by atoms with Gasteiger partial charge in [0.25, 0.3) is 11.8 Å². The number of carbonyl (C=O) groups is 4. The maximum absolute atomic E-state index is 13.5. The van der Waals surface area contributed by atoms with E-state index in [-0.39, 0.29) is 34.6 Å². The Kier molecular flexibility index (Phi) is 12.5. The van der Waals surface area contributed by atoms with Gasteiger partial charge in [0.2, 0.25) is 0 Å². The summed E-state index contributed by atoms with van der Waals surface area (Å²) in [5, 5.41) is 0. The van der Waals surface area contributed by atoms with Crippen molar-refractivity contribution in [3.63, 3.8) is 0 Å². The largest absolute Gasteiger partial charge is 0.465 e. The second-order valence-corrected chi connectivity index (χ2v) is 13.5. The number of anilines is 2. The van der Waals surface area contributed by atoms with Gasteiger partial charge in [-0.15, -0.1) is 0 Å². The number of unbranched alkanes of at least 4 members (excludes halogenated alkanes) is 4. The lowest BCUT2D eigenvalue weighted by Gasteiger charge is -2.15. The maximum atomic E-state index is 13.5. The molecule has 0 radical (unpaired) electrons. The van der Waals surface area contributed by atoms with Gasteiger partial charge >= 0.3 is 11.9 Å². The summed E-state index contributed by atoms with van der Waals surface area (Å²) in [5.41, 5.74) is 2.60. The minimum atomic E-state index is -0.406. The Morgan fingerprint density at radius 1 is 0.636 bits per heavy atom. The standard InChI is InChI=1S/C32H34N2O6S4/c1-3-5-7-17-39-25(35)19-21-9-13-23(14-10-21)33-29(37)27(43-31(33)41)28-30(38)34(32(42)44-28)24-15-11-22(12-16-24)20-26(36)40-18-8-6-4-2/h9-16H,3-8,17-20H2,1-2H3. The second-order valence-electron chi connectivity index (χ2n) is 10.2. The number of nitrogens with zero attached hydrogens (tertiary/aromatic N) is 2. The first-order chi connectivity index (χ1) is 21.2. The first-order valence-corrected chi connectivity index (χ1v) is 17.0. The van der Waals surface area contributed by atoms with E-state index in [9.17, 15) is 19.2 Å². The van der Waals surface area contributed by atoms with Crippen LogP contribution in [-0.4, -0.2) is 45.6 Å². The van der Waals surface area contributed by atoms with Gasteiger partial charge in [-0.25, -0.2) is 0 Å². The summed E-state index contributed by atoms with van der Waals surface area (Å²) < 4.78 is 11.2. The van der Waals surface area contributed by atoms with E-state index in [4.69, 9.17) is 33.9 Å². The summed E-state index contributed by atoms with van der Waals surface area (Å²) in [6, 6.07) is 13.9. The van der Waals surface area contributed by atoms with Crippen LogP contribution < -0.4 is 9.80 Å². The number of carbonyl (C=O) groups excluding carboxylic acids is 4. The molecule has 44 heavy (non-hydrogen) atoms.